The van der Waals surface area contributed by atoms with Crippen molar-refractivity contribution in [1.29, 1.82) is 0 Å². The predicted molar refractivity (Wildman–Crippen MR) is 34.9 cm³/mol. The van der Waals surface area contributed by atoms with Crippen LogP contribution in [0.25, 0.3) is 0 Å². The second-order valence-corrected chi connectivity index (χ2v) is 1.94. The number of allylic oxidation sites excluding steroid dienone is 2. The zero-order chi connectivity index (χ0) is 5.11. The van der Waals surface area contributed by atoms with Crippen LogP contribution in [0.1, 0.15) is 25.7 Å². The molecule has 0 fully saturated rings. The molecule has 0 aromatic carbocycles. The smallest absolute Gasteiger partial charge is 0.0882 e. The molecular formula is C6H10NaO. The molecule has 0 bridgehead atoms. The Morgan fingerprint density at radius 2 is 2.12 bits per heavy atom. The van der Waals surface area contributed by atoms with Crippen molar-refractivity contribution in [2.75, 3.05) is 0 Å². The first-order valence-electron chi connectivity index (χ1n) is 2.77. The van der Waals surface area contributed by atoms with Crippen LogP contribution in [-0.2, 0) is 0 Å². The van der Waals surface area contributed by atoms with E-state index in [2.05, 4.69) is 0 Å². The average molecular weight is 121 g/mol. The number of hydrogen-bond acceptors (Lipinski definition) is 1. The summed E-state index contributed by atoms with van der Waals surface area (Å²) >= 11 is 0. The topological polar surface area (TPSA) is 20.2 Å². The first-order valence-corrected chi connectivity index (χ1v) is 2.77. The molecule has 0 aliphatic heterocycles. The van der Waals surface area contributed by atoms with E-state index in [1.165, 1.54) is 12.8 Å². The summed E-state index contributed by atoms with van der Waals surface area (Å²) < 4.78 is 0. The van der Waals surface area contributed by atoms with Crippen molar-refractivity contribution in [3.63, 3.8) is 0 Å². The van der Waals surface area contributed by atoms with E-state index in [0.29, 0.717) is 5.76 Å². The fraction of sp³-hybridized carbons (Fsp3) is 0.667. The molecular weight excluding hydrogens is 111 g/mol. The van der Waals surface area contributed by atoms with Crippen LogP contribution in [0.5, 0.6) is 0 Å². The van der Waals surface area contributed by atoms with Crippen LogP contribution in [0.3, 0.4) is 0 Å². The van der Waals surface area contributed by atoms with Crippen molar-refractivity contribution < 1.29 is 5.11 Å². The zero-order valence-corrected chi connectivity index (χ0v) is 7.35. The third-order valence-electron chi connectivity index (χ3n) is 1.27. The summed E-state index contributed by atoms with van der Waals surface area (Å²) in [6, 6.07) is 0. The van der Waals surface area contributed by atoms with Gasteiger partial charge in [-0.1, -0.05) is 0 Å². The van der Waals surface area contributed by atoms with Crippen molar-refractivity contribution in [2.45, 2.75) is 25.7 Å². The van der Waals surface area contributed by atoms with Crippen LogP contribution in [0.2, 0.25) is 0 Å². The van der Waals surface area contributed by atoms with Gasteiger partial charge in [0.2, 0.25) is 0 Å². The van der Waals surface area contributed by atoms with Gasteiger partial charge in [-0.2, -0.15) is 0 Å². The second kappa shape index (κ2) is 4.42. The Labute approximate surface area is 72.1 Å². The molecule has 0 aromatic heterocycles. The van der Waals surface area contributed by atoms with Crippen LogP contribution in [0.4, 0.5) is 0 Å². The summed E-state index contributed by atoms with van der Waals surface area (Å²) in [7, 11) is 0. The number of aliphatic hydroxyl groups is 1. The normalized spacial score (nSPS) is 18.8. The molecule has 0 aromatic rings. The molecule has 0 unspecified atom stereocenters. The van der Waals surface area contributed by atoms with Gasteiger partial charge in [-0.25, -0.2) is 0 Å². The molecule has 41 valence electrons. The SMILES string of the molecule is OC1=CCCCC1.[Na]. The Morgan fingerprint density at radius 1 is 1.38 bits per heavy atom. The molecule has 2 heteroatoms. The van der Waals surface area contributed by atoms with E-state index in [1.54, 1.807) is 0 Å². The summed E-state index contributed by atoms with van der Waals surface area (Å²) in [6.45, 7) is 0. The fourth-order valence-electron chi connectivity index (χ4n) is 0.821. The van der Waals surface area contributed by atoms with Crippen molar-refractivity contribution >= 4 is 29.6 Å². The zero-order valence-electron chi connectivity index (χ0n) is 5.35. The van der Waals surface area contributed by atoms with Gasteiger partial charge in [0.25, 0.3) is 0 Å². The maximum atomic E-state index is 8.77. The van der Waals surface area contributed by atoms with E-state index in [9.17, 15) is 0 Å². The Balaban J connectivity index is 0.000000490. The van der Waals surface area contributed by atoms with E-state index < -0.39 is 0 Å². The minimum Gasteiger partial charge on any atom is -0.513 e. The quantitative estimate of drug-likeness (QED) is 0.483. The summed E-state index contributed by atoms with van der Waals surface area (Å²) in [5.74, 6) is 0.589. The summed E-state index contributed by atoms with van der Waals surface area (Å²) in [5, 5.41) is 8.77. The Hall–Kier alpha value is 0.540. The van der Waals surface area contributed by atoms with Crippen molar-refractivity contribution in [2.24, 2.45) is 0 Å². The largest absolute Gasteiger partial charge is 0.513 e. The van der Waals surface area contributed by atoms with E-state index in [4.69, 9.17) is 5.11 Å². The van der Waals surface area contributed by atoms with Crippen molar-refractivity contribution in [1.82, 2.24) is 0 Å². The summed E-state index contributed by atoms with van der Waals surface area (Å²) in [5.41, 5.74) is 0. The standard InChI is InChI=1S/C6H10O.Na/c7-6-4-2-1-3-5-6;/h4,7H,1-3,5H2;. The van der Waals surface area contributed by atoms with Gasteiger partial charge in [-0.3, -0.25) is 0 Å². The van der Waals surface area contributed by atoms with E-state index in [-0.39, 0.29) is 29.6 Å². The molecule has 0 saturated heterocycles. The molecule has 1 aliphatic carbocycles. The third-order valence-corrected chi connectivity index (χ3v) is 1.27. The Kier molecular flexibility index (Phi) is 4.72. The molecule has 0 amide bonds. The van der Waals surface area contributed by atoms with Crippen LogP contribution in [0.15, 0.2) is 11.8 Å². The molecule has 0 saturated carbocycles. The fourth-order valence-corrected chi connectivity index (χ4v) is 0.821. The van der Waals surface area contributed by atoms with Crippen LogP contribution in [-0.4, -0.2) is 34.7 Å². The van der Waals surface area contributed by atoms with Gasteiger partial charge in [0.15, 0.2) is 0 Å². The molecule has 0 heterocycles. The van der Waals surface area contributed by atoms with Crippen molar-refractivity contribution in [3.05, 3.63) is 11.8 Å². The van der Waals surface area contributed by atoms with Crippen LogP contribution in [0, 0.1) is 0 Å². The number of aliphatic hydroxyl groups excluding tert-OH is 1. The maximum absolute atomic E-state index is 8.77. The molecule has 8 heavy (non-hydrogen) atoms. The van der Waals surface area contributed by atoms with Gasteiger partial charge < -0.3 is 5.11 Å². The Morgan fingerprint density at radius 3 is 2.38 bits per heavy atom. The van der Waals surface area contributed by atoms with Gasteiger partial charge >= 0.3 is 0 Å². The van der Waals surface area contributed by atoms with Gasteiger partial charge in [0.05, 0.1) is 5.76 Å². The van der Waals surface area contributed by atoms with Crippen LogP contribution >= 0.6 is 0 Å². The van der Waals surface area contributed by atoms with Gasteiger partial charge in [0, 0.05) is 36.0 Å². The molecule has 1 radical (unpaired) electrons. The third kappa shape index (κ3) is 2.75. The van der Waals surface area contributed by atoms with Gasteiger partial charge in [0.1, 0.15) is 0 Å². The van der Waals surface area contributed by atoms with Crippen molar-refractivity contribution in [3.8, 4) is 0 Å². The molecule has 0 atom stereocenters. The average Bonchev–Trinajstić information content (AvgIpc) is 1.69. The second-order valence-electron chi connectivity index (χ2n) is 1.94. The number of hydrogen-bond donors (Lipinski definition) is 1. The molecule has 1 nitrogen and oxygen atoms in total. The molecule has 0 spiro atoms. The summed E-state index contributed by atoms with van der Waals surface area (Å²) in [4.78, 5) is 0. The number of rotatable bonds is 0. The molecule has 1 N–H and O–H groups in total. The first kappa shape index (κ1) is 8.54. The molecule has 1 aliphatic rings. The maximum Gasteiger partial charge on any atom is 0.0882 e. The molecule has 1 rings (SSSR count). The van der Waals surface area contributed by atoms with Gasteiger partial charge in [-0.15, -0.1) is 0 Å². The van der Waals surface area contributed by atoms with E-state index >= 15 is 0 Å². The minimum atomic E-state index is 0. The Bertz CT molecular complexity index is 88.5. The van der Waals surface area contributed by atoms with Gasteiger partial charge in [-0.05, 0) is 25.3 Å². The van der Waals surface area contributed by atoms with E-state index in [1.807, 2.05) is 6.08 Å². The monoisotopic (exact) mass is 121 g/mol. The summed E-state index contributed by atoms with van der Waals surface area (Å²) in [6.07, 6.45) is 6.31. The minimum absolute atomic E-state index is 0. The predicted octanol–water partition coefficient (Wildman–Crippen LogP) is 1.62. The van der Waals surface area contributed by atoms with E-state index in [0.717, 1.165) is 12.8 Å². The first-order chi connectivity index (χ1) is 3.39. The van der Waals surface area contributed by atoms with Crippen LogP contribution < -0.4 is 0 Å².